The molecule has 0 fully saturated rings. The molecular formula is C23H36N2O10. The third kappa shape index (κ3) is 19.3. The van der Waals surface area contributed by atoms with Crippen LogP contribution in [-0.2, 0) is 38.1 Å². The molecule has 12 nitrogen and oxygen atoms in total. The van der Waals surface area contributed by atoms with Crippen molar-refractivity contribution in [3.05, 3.63) is 30.3 Å². The molecule has 0 aliphatic carbocycles. The van der Waals surface area contributed by atoms with Crippen molar-refractivity contribution in [1.82, 2.24) is 5.32 Å². The van der Waals surface area contributed by atoms with E-state index < -0.39 is 23.9 Å². The highest BCUT2D eigenvalue weighted by atomic mass is 16.5. The van der Waals surface area contributed by atoms with E-state index in [4.69, 9.17) is 33.9 Å². The first-order chi connectivity index (χ1) is 17.0. The summed E-state index contributed by atoms with van der Waals surface area (Å²) in [5.41, 5.74) is 1.04. The van der Waals surface area contributed by atoms with Crippen molar-refractivity contribution in [3.8, 4) is 0 Å². The first-order valence-corrected chi connectivity index (χ1v) is 11.4. The Balaban J connectivity index is 2.05. The monoisotopic (exact) mass is 500 g/mol. The lowest BCUT2D eigenvalue weighted by atomic mass is 10.3. The fourth-order valence-corrected chi connectivity index (χ4v) is 2.60. The van der Waals surface area contributed by atoms with Gasteiger partial charge in [0, 0.05) is 12.2 Å². The molecule has 4 N–H and O–H groups in total. The minimum absolute atomic E-state index is 0.0160. The van der Waals surface area contributed by atoms with E-state index >= 15 is 0 Å². The van der Waals surface area contributed by atoms with Crippen LogP contribution in [0.5, 0.6) is 0 Å². The zero-order chi connectivity index (χ0) is 25.6. The van der Waals surface area contributed by atoms with Crippen LogP contribution < -0.4 is 10.6 Å². The summed E-state index contributed by atoms with van der Waals surface area (Å²) in [6.07, 6.45) is -0.335. The van der Waals surface area contributed by atoms with Crippen molar-refractivity contribution in [2.45, 2.75) is 18.9 Å². The maximum absolute atomic E-state index is 12.1. The second kappa shape index (κ2) is 20.6. The molecule has 1 aromatic rings. The van der Waals surface area contributed by atoms with E-state index in [0.717, 1.165) is 5.69 Å². The van der Waals surface area contributed by atoms with Gasteiger partial charge < -0.3 is 44.5 Å². The number of hydrogen-bond acceptors (Lipinski definition) is 9. The van der Waals surface area contributed by atoms with Gasteiger partial charge >= 0.3 is 11.9 Å². The van der Waals surface area contributed by atoms with E-state index in [0.29, 0.717) is 33.0 Å². The van der Waals surface area contributed by atoms with Crippen LogP contribution in [0.4, 0.5) is 5.69 Å². The third-order valence-electron chi connectivity index (χ3n) is 4.25. The second-order valence-corrected chi connectivity index (χ2v) is 7.27. The van der Waals surface area contributed by atoms with Crippen LogP contribution in [0.3, 0.4) is 0 Å². The second-order valence-electron chi connectivity index (χ2n) is 7.27. The zero-order valence-corrected chi connectivity index (χ0v) is 19.8. The Morgan fingerprint density at radius 3 is 1.83 bits per heavy atom. The number of carboxylic acids is 2. The van der Waals surface area contributed by atoms with Gasteiger partial charge in [-0.15, -0.1) is 0 Å². The minimum atomic E-state index is -0.995. The van der Waals surface area contributed by atoms with Crippen molar-refractivity contribution in [1.29, 1.82) is 0 Å². The molecule has 35 heavy (non-hydrogen) atoms. The fraction of sp³-hybridized carbons (Fsp3) is 0.609. The molecular weight excluding hydrogens is 464 g/mol. The van der Waals surface area contributed by atoms with E-state index in [-0.39, 0.29) is 52.5 Å². The Bertz CT molecular complexity index is 683. The molecule has 198 valence electrons. The number of para-hydroxylation sites is 1. The van der Waals surface area contributed by atoms with Crippen molar-refractivity contribution in [3.63, 3.8) is 0 Å². The van der Waals surface area contributed by atoms with Gasteiger partial charge in [0.15, 0.2) is 0 Å². The number of ether oxygens (including phenoxy) is 5. The Labute approximate surface area is 204 Å². The molecule has 0 aliphatic rings. The molecule has 0 saturated carbocycles. The van der Waals surface area contributed by atoms with Crippen molar-refractivity contribution in [2.24, 2.45) is 0 Å². The maximum Gasteiger partial charge on any atom is 0.305 e. The lowest BCUT2D eigenvalue weighted by Gasteiger charge is -2.19. The van der Waals surface area contributed by atoms with Gasteiger partial charge in [0.25, 0.3) is 0 Å². The first kappa shape index (κ1) is 30.3. The summed E-state index contributed by atoms with van der Waals surface area (Å²) in [5, 5.41) is 23.2. The van der Waals surface area contributed by atoms with E-state index in [1.807, 2.05) is 30.3 Å². The summed E-state index contributed by atoms with van der Waals surface area (Å²) in [5.74, 6) is -2.40. The number of anilines is 1. The molecule has 0 heterocycles. The van der Waals surface area contributed by atoms with Crippen molar-refractivity contribution < 1.29 is 48.3 Å². The maximum atomic E-state index is 12.1. The highest BCUT2D eigenvalue weighted by molar-refractivity contribution is 5.77. The Kier molecular flexibility index (Phi) is 17.8. The molecule has 0 radical (unpaired) electrons. The van der Waals surface area contributed by atoms with Gasteiger partial charge in [-0.05, 0) is 12.1 Å². The summed E-state index contributed by atoms with van der Waals surface area (Å²) < 4.78 is 26.6. The molecule has 0 aliphatic heterocycles. The van der Waals surface area contributed by atoms with Gasteiger partial charge in [-0.25, -0.2) is 0 Å². The molecule has 1 aromatic carbocycles. The minimum Gasteiger partial charge on any atom is -0.481 e. The number of aliphatic carboxylic acids is 2. The van der Waals surface area contributed by atoms with Crippen LogP contribution in [0, 0.1) is 0 Å². The number of amides is 1. The fourth-order valence-electron chi connectivity index (χ4n) is 2.60. The molecule has 1 rings (SSSR count). The largest absolute Gasteiger partial charge is 0.481 e. The normalized spacial score (nSPS) is 10.9. The predicted octanol–water partition coefficient (Wildman–Crippen LogP) is 0.616. The van der Waals surface area contributed by atoms with Crippen LogP contribution in [0.25, 0.3) is 0 Å². The first-order valence-electron chi connectivity index (χ1n) is 11.4. The molecule has 0 saturated heterocycles. The average Bonchev–Trinajstić information content (AvgIpc) is 2.83. The predicted molar refractivity (Wildman–Crippen MR) is 125 cm³/mol. The van der Waals surface area contributed by atoms with E-state index in [2.05, 4.69) is 10.6 Å². The number of rotatable bonds is 23. The highest BCUT2D eigenvalue weighted by Gasteiger charge is 2.14. The Hall–Kier alpha value is -2.77. The number of carbonyl (C=O) groups excluding carboxylic acids is 1. The van der Waals surface area contributed by atoms with Crippen LogP contribution >= 0.6 is 0 Å². The van der Waals surface area contributed by atoms with Gasteiger partial charge in [0.05, 0.1) is 78.3 Å². The van der Waals surface area contributed by atoms with Crippen molar-refractivity contribution >= 4 is 23.5 Å². The van der Waals surface area contributed by atoms with E-state index in [1.54, 1.807) is 0 Å². The van der Waals surface area contributed by atoms with Gasteiger partial charge in [-0.3, -0.25) is 14.4 Å². The van der Waals surface area contributed by atoms with Gasteiger partial charge in [0.2, 0.25) is 5.91 Å². The van der Waals surface area contributed by atoms with E-state index in [9.17, 15) is 14.4 Å². The number of carbonyl (C=O) groups is 3. The SMILES string of the molecule is O=C(O)CCOCC(COCCC(=O)O)NC(=O)COCCOCCOCCNc1ccccc1. The molecule has 0 bridgehead atoms. The van der Waals surface area contributed by atoms with Gasteiger partial charge in [0.1, 0.15) is 6.61 Å². The number of nitrogens with one attached hydrogen (secondary N) is 2. The summed E-state index contributed by atoms with van der Waals surface area (Å²) in [6, 6.07) is 9.27. The van der Waals surface area contributed by atoms with Gasteiger partial charge in [-0.2, -0.15) is 0 Å². The van der Waals surface area contributed by atoms with Gasteiger partial charge in [-0.1, -0.05) is 18.2 Å². The summed E-state index contributed by atoms with van der Waals surface area (Å²) in [6.45, 7) is 2.44. The Morgan fingerprint density at radius 1 is 0.714 bits per heavy atom. The lowest BCUT2D eigenvalue weighted by Crippen LogP contribution is -2.43. The molecule has 0 aromatic heterocycles. The van der Waals surface area contributed by atoms with Crippen LogP contribution in [-0.4, -0.2) is 107 Å². The standard InChI is InChI=1S/C23H36N2O10/c26-21(25-20(16-33-9-6-22(27)28)17-34-10-7-23(29)30)18-35-15-14-32-13-12-31-11-8-24-19-4-2-1-3-5-19/h1-5,20,24H,6-18H2,(H,25,26)(H,27,28)(H,29,30). The number of hydrogen-bond donors (Lipinski definition) is 4. The van der Waals surface area contributed by atoms with Crippen LogP contribution in [0.1, 0.15) is 12.8 Å². The van der Waals surface area contributed by atoms with Crippen LogP contribution in [0.15, 0.2) is 30.3 Å². The smallest absolute Gasteiger partial charge is 0.305 e. The molecule has 0 spiro atoms. The number of benzene rings is 1. The van der Waals surface area contributed by atoms with Crippen molar-refractivity contribution in [2.75, 3.05) is 77.9 Å². The quantitative estimate of drug-likeness (QED) is 0.156. The molecule has 1 amide bonds. The van der Waals surface area contributed by atoms with Crippen LogP contribution in [0.2, 0.25) is 0 Å². The third-order valence-corrected chi connectivity index (χ3v) is 4.25. The zero-order valence-electron chi connectivity index (χ0n) is 19.8. The summed E-state index contributed by atoms with van der Waals surface area (Å²) >= 11 is 0. The summed E-state index contributed by atoms with van der Waals surface area (Å²) in [4.78, 5) is 33.2. The topological polar surface area (TPSA) is 162 Å². The molecule has 0 unspecified atom stereocenters. The van der Waals surface area contributed by atoms with E-state index in [1.165, 1.54) is 0 Å². The average molecular weight is 501 g/mol. The Morgan fingerprint density at radius 2 is 1.26 bits per heavy atom. The lowest BCUT2D eigenvalue weighted by molar-refractivity contribution is -0.139. The molecule has 0 atom stereocenters. The summed E-state index contributed by atoms with van der Waals surface area (Å²) in [7, 11) is 0. The molecule has 12 heteroatoms. The number of carboxylic acid groups (broad SMARTS) is 2. The highest BCUT2D eigenvalue weighted by Crippen LogP contribution is 2.03.